The first-order valence-corrected chi connectivity index (χ1v) is 14.0. The van der Waals surface area contributed by atoms with Crippen molar-refractivity contribution in [2.75, 3.05) is 7.11 Å². The van der Waals surface area contributed by atoms with E-state index in [9.17, 15) is 0 Å². The van der Waals surface area contributed by atoms with Crippen LogP contribution in [0.4, 0.5) is 0 Å². The van der Waals surface area contributed by atoms with E-state index in [2.05, 4.69) is 99.9 Å². The van der Waals surface area contributed by atoms with Gasteiger partial charge in [0.05, 0.1) is 0 Å². The Morgan fingerprint density at radius 2 is 1.10 bits per heavy atom. The molecular weight excluding hydrogens is 451 g/mol. The molecule has 30 heavy (non-hydrogen) atoms. The second-order valence-corrected chi connectivity index (χ2v) is 15.0. The van der Waals surface area contributed by atoms with Gasteiger partial charge in [-0.05, 0) is 0 Å². The molecule has 3 heteroatoms. The Bertz CT molecular complexity index is 1100. The number of ether oxygens (including phenoxy) is 1. The van der Waals surface area contributed by atoms with Crippen molar-refractivity contribution in [3.05, 3.63) is 121 Å². The van der Waals surface area contributed by atoms with Gasteiger partial charge in [0.2, 0.25) is 0 Å². The summed E-state index contributed by atoms with van der Waals surface area (Å²) in [6.07, 6.45) is 0. The fourth-order valence-corrected chi connectivity index (χ4v) is 9.85. The molecule has 0 radical (unpaired) electrons. The summed E-state index contributed by atoms with van der Waals surface area (Å²) in [5, 5.41) is 0.292. The van der Waals surface area contributed by atoms with Crippen molar-refractivity contribution in [3.63, 3.8) is 0 Å². The van der Waals surface area contributed by atoms with Gasteiger partial charge < -0.3 is 0 Å². The minimum absolute atomic E-state index is 0.802. The summed E-state index contributed by atoms with van der Waals surface area (Å²) in [5.41, 5.74) is 4.69. The maximum absolute atomic E-state index is 5.40. The third-order valence-electron chi connectivity index (χ3n) is 5.20. The van der Waals surface area contributed by atoms with Crippen molar-refractivity contribution in [2.45, 2.75) is 0 Å². The zero-order chi connectivity index (χ0) is 20.9. The maximum atomic E-state index is 5.40. The molecule has 0 saturated carbocycles. The van der Waals surface area contributed by atoms with Gasteiger partial charge in [-0.15, -0.1) is 0 Å². The number of benzene rings is 4. The Balaban J connectivity index is 2.08. The van der Waals surface area contributed by atoms with Gasteiger partial charge in [-0.3, -0.25) is 0 Å². The van der Waals surface area contributed by atoms with Crippen molar-refractivity contribution >= 4 is 36.7 Å². The van der Waals surface area contributed by atoms with E-state index in [4.69, 9.17) is 4.74 Å². The predicted molar refractivity (Wildman–Crippen MR) is 134 cm³/mol. The number of hydrogen-bond acceptors (Lipinski definition) is 1. The van der Waals surface area contributed by atoms with E-state index >= 15 is 0 Å². The van der Waals surface area contributed by atoms with Gasteiger partial charge in [0.25, 0.3) is 0 Å². The predicted octanol–water partition coefficient (Wildman–Crippen LogP) is 5.84. The van der Waals surface area contributed by atoms with E-state index in [1.807, 2.05) is 42.5 Å². The zero-order valence-electron chi connectivity index (χ0n) is 16.7. The summed E-state index contributed by atoms with van der Waals surface area (Å²) < 4.78 is 5.40. The Labute approximate surface area is 186 Å². The second-order valence-electron chi connectivity index (χ2n) is 6.98. The van der Waals surface area contributed by atoms with E-state index in [0.717, 1.165) is 11.3 Å². The van der Waals surface area contributed by atoms with Gasteiger partial charge in [-0.1, -0.05) is 0 Å². The van der Waals surface area contributed by atoms with Crippen LogP contribution in [-0.4, -0.2) is 7.11 Å². The molecule has 0 atom stereocenters. The van der Waals surface area contributed by atoms with Crippen LogP contribution in [0.3, 0.4) is 0 Å². The van der Waals surface area contributed by atoms with Gasteiger partial charge in [0, 0.05) is 0 Å². The van der Waals surface area contributed by atoms with Crippen LogP contribution in [-0.2, 0) is 0 Å². The summed E-state index contributed by atoms with van der Waals surface area (Å²) in [7, 11) is 1.68. The molecule has 4 aromatic carbocycles. The molecule has 0 bridgehead atoms. The minimum atomic E-state index is -3.24. The molecule has 0 N–H and O–H groups in total. The summed E-state index contributed by atoms with van der Waals surface area (Å²) in [5.74, 6) is 4.28. The van der Waals surface area contributed by atoms with Crippen molar-refractivity contribution in [1.29, 1.82) is 0 Å². The Kier molecular flexibility index (Phi) is 5.78. The van der Waals surface area contributed by atoms with Crippen molar-refractivity contribution < 1.29 is 4.74 Å². The molecule has 0 unspecified atom stereocenters. The molecule has 4 rings (SSSR count). The molecule has 0 fully saturated rings. The summed E-state index contributed by atoms with van der Waals surface area (Å²) in [6, 6.07) is 39.6. The van der Waals surface area contributed by atoms with Crippen LogP contribution in [0.15, 0.2) is 115 Å². The third-order valence-corrected chi connectivity index (χ3v) is 13.8. The van der Waals surface area contributed by atoms with Crippen LogP contribution >= 0.6 is 20.8 Å². The van der Waals surface area contributed by atoms with Gasteiger partial charge in [-0.2, -0.15) is 0 Å². The standard InChI is InChI=1S/C27H22BrOP/c1-29-24-13-11-12-23(22-24)20-21-30(28,25-14-5-2-6-15-25,26-16-7-3-8-17-26)27-18-9-4-10-19-27/h2-19,22H,1H3. The van der Waals surface area contributed by atoms with Crippen molar-refractivity contribution in [1.82, 2.24) is 0 Å². The van der Waals surface area contributed by atoms with Crippen LogP contribution < -0.4 is 20.7 Å². The van der Waals surface area contributed by atoms with E-state index in [1.165, 1.54) is 15.9 Å². The van der Waals surface area contributed by atoms with Gasteiger partial charge in [0.15, 0.2) is 0 Å². The van der Waals surface area contributed by atoms with Crippen LogP contribution in [0.5, 0.6) is 5.75 Å². The monoisotopic (exact) mass is 472 g/mol. The summed E-state index contributed by atoms with van der Waals surface area (Å²) in [6.45, 7) is 0. The topological polar surface area (TPSA) is 9.23 Å². The molecule has 0 aromatic heterocycles. The molecule has 0 aliphatic heterocycles. The fraction of sp³-hybridized carbons (Fsp3) is 0.0370. The average Bonchev–Trinajstić information content (AvgIpc) is 2.84. The van der Waals surface area contributed by atoms with E-state index in [0.29, 0.717) is 0 Å². The van der Waals surface area contributed by atoms with Crippen LogP contribution in [0, 0.1) is 11.6 Å². The molecule has 0 spiro atoms. The van der Waals surface area contributed by atoms with Crippen molar-refractivity contribution in [3.8, 4) is 17.3 Å². The Hall–Kier alpha value is -2.85. The van der Waals surface area contributed by atoms with Crippen LogP contribution in [0.1, 0.15) is 5.56 Å². The van der Waals surface area contributed by atoms with Gasteiger partial charge in [-0.25, -0.2) is 0 Å². The summed E-state index contributed by atoms with van der Waals surface area (Å²) in [4.78, 5) is 0. The molecule has 1 nitrogen and oxygen atoms in total. The first-order chi connectivity index (χ1) is 14.6. The number of halogens is 1. The van der Waals surface area contributed by atoms with E-state index in [1.54, 1.807) is 7.11 Å². The number of methoxy groups -OCH3 is 1. The molecule has 0 amide bonds. The molecule has 148 valence electrons. The number of hydrogen-bond donors (Lipinski definition) is 0. The first kappa shape index (κ1) is 20.4. The van der Waals surface area contributed by atoms with Crippen LogP contribution in [0.2, 0.25) is 0 Å². The molecule has 0 heterocycles. The molecule has 0 aliphatic rings. The average molecular weight is 473 g/mol. The van der Waals surface area contributed by atoms with E-state index in [-0.39, 0.29) is 0 Å². The first-order valence-electron chi connectivity index (χ1n) is 9.73. The molecule has 4 aromatic rings. The molecule has 0 saturated heterocycles. The second kappa shape index (κ2) is 8.49. The molecular formula is C27H22BrOP. The SMILES string of the molecule is COc1cccc(C#CP(Br)(c2ccccc2)(c2ccccc2)c2ccccc2)c1. The Morgan fingerprint density at radius 3 is 1.53 bits per heavy atom. The molecule has 0 aliphatic carbocycles. The van der Waals surface area contributed by atoms with Gasteiger partial charge >= 0.3 is 187 Å². The van der Waals surface area contributed by atoms with Crippen molar-refractivity contribution in [2.24, 2.45) is 0 Å². The third kappa shape index (κ3) is 3.56. The quantitative estimate of drug-likeness (QED) is 0.267. The number of rotatable bonds is 4. The van der Waals surface area contributed by atoms with E-state index < -0.39 is 5.31 Å². The normalized spacial score (nSPS) is 12.1. The van der Waals surface area contributed by atoms with Crippen LogP contribution in [0.25, 0.3) is 0 Å². The zero-order valence-corrected chi connectivity index (χ0v) is 19.2. The van der Waals surface area contributed by atoms with Gasteiger partial charge in [0.1, 0.15) is 0 Å². The summed E-state index contributed by atoms with van der Waals surface area (Å²) >= 11 is 4.34. The Morgan fingerprint density at radius 1 is 0.633 bits per heavy atom. The fourth-order valence-electron chi connectivity index (χ4n) is 3.64.